The molecule has 0 spiro atoms. The van der Waals surface area contributed by atoms with Gasteiger partial charge >= 0.3 is 11.9 Å². The lowest BCUT2D eigenvalue weighted by molar-refractivity contribution is -0.138. The van der Waals surface area contributed by atoms with Crippen LogP contribution in [0.5, 0.6) is 0 Å². The Labute approximate surface area is 153 Å². The monoisotopic (exact) mass is 349 g/mol. The molecule has 1 aliphatic rings. The Bertz CT molecular complexity index is 798. The number of dihydropyridines is 1. The first kappa shape index (κ1) is 18.9. The highest BCUT2D eigenvalue weighted by molar-refractivity contribution is 6.00. The number of carbonyl (C=O) groups is 2. The summed E-state index contributed by atoms with van der Waals surface area (Å²) < 4.78 is 10.2. The second-order valence-electron chi connectivity index (χ2n) is 5.61. The summed E-state index contributed by atoms with van der Waals surface area (Å²) in [6, 6.07) is 9.18. The minimum absolute atomic E-state index is 0.156. The Hall–Kier alpha value is -3.44. The Morgan fingerprint density at radius 2 is 1.42 bits per heavy atom. The molecular formula is C21H19NO4. The van der Waals surface area contributed by atoms with Crippen LogP contribution in [-0.2, 0) is 19.1 Å². The van der Waals surface area contributed by atoms with E-state index in [1.54, 1.807) is 13.8 Å². The summed E-state index contributed by atoms with van der Waals surface area (Å²) in [5.41, 5.74) is 2.56. The van der Waals surface area contributed by atoms with Crippen molar-refractivity contribution in [1.82, 2.24) is 5.32 Å². The van der Waals surface area contributed by atoms with Gasteiger partial charge in [-0.25, -0.2) is 9.59 Å². The Balaban J connectivity index is 2.55. The second-order valence-corrected chi connectivity index (χ2v) is 5.61. The average Bonchev–Trinajstić information content (AvgIpc) is 2.64. The number of allylic oxidation sites excluding steroid dienone is 2. The molecule has 0 amide bonds. The molecule has 5 heteroatoms. The Morgan fingerprint density at radius 3 is 1.85 bits per heavy atom. The number of benzene rings is 1. The van der Waals surface area contributed by atoms with Crippen molar-refractivity contribution in [3.05, 3.63) is 58.4 Å². The number of rotatable bonds is 5. The zero-order valence-electron chi connectivity index (χ0n) is 14.7. The molecule has 26 heavy (non-hydrogen) atoms. The van der Waals surface area contributed by atoms with Crippen LogP contribution in [0.3, 0.4) is 0 Å². The van der Waals surface area contributed by atoms with Crippen molar-refractivity contribution in [2.45, 2.75) is 19.8 Å². The van der Waals surface area contributed by atoms with Gasteiger partial charge in [0.15, 0.2) is 13.2 Å². The first-order valence-electron chi connectivity index (χ1n) is 7.96. The van der Waals surface area contributed by atoms with E-state index in [-0.39, 0.29) is 13.2 Å². The Kier molecular flexibility index (Phi) is 6.25. The average molecular weight is 349 g/mol. The molecular weight excluding hydrogens is 330 g/mol. The largest absolute Gasteiger partial charge is 0.449 e. The fraction of sp³-hybridized carbons (Fsp3) is 0.238. The van der Waals surface area contributed by atoms with Gasteiger partial charge in [-0.2, -0.15) is 0 Å². The van der Waals surface area contributed by atoms with Crippen molar-refractivity contribution in [3.8, 4) is 24.7 Å². The molecule has 0 radical (unpaired) electrons. The highest BCUT2D eigenvalue weighted by Crippen LogP contribution is 2.39. The molecule has 1 N–H and O–H groups in total. The van der Waals surface area contributed by atoms with Crippen LogP contribution < -0.4 is 5.32 Å². The molecule has 0 aliphatic carbocycles. The first-order chi connectivity index (χ1) is 12.5. The summed E-state index contributed by atoms with van der Waals surface area (Å²) in [6.07, 6.45) is 10.4. The molecule has 132 valence electrons. The van der Waals surface area contributed by atoms with Crippen LogP contribution in [0, 0.1) is 24.7 Å². The van der Waals surface area contributed by atoms with Crippen LogP contribution in [0.15, 0.2) is 52.9 Å². The van der Waals surface area contributed by atoms with Crippen molar-refractivity contribution in [2.75, 3.05) is 13.2 Å². The molecule has 1 heterocycles. The molecule has 0 unspecified atom stereocenters. The number of esters is 2. The highest BCUT2D eigenvalue weighted by atomic mass is 16.5. The summed E-state index contributed by atoms with van der Waals surface area (Å²) >= 11 is 0. The van der Waals surface area contributed by atoms with E-state index in [0.717, 1.165) is 5.56 Å². The minimum atomic E-state index is -0.645. The predicted molar refractivity (Wildman–Crippen MR) is 97.3 cm³/mol. The van der Waals surface area contributed by atoms with Crippen LogP contribution in [0.2, 0.25) is 0 Å². The van der Waals surface area contributed by atoms with E-state index in [0.29, 0.717) is 22.5 Å². The highest BCUT2D eigenvalue weighted by Gasteiger charge is 2.37. The standard InChI is InChI=1S/C21H19NO4/c1-5-12-25-20(23)17-14(3)22-15(4)18(21(24)26-13-6-2)19(17)16-10-8-7-9-11-16/h1-2,7-11,19,22H,12-13H2,3-4H3. The smallest absolute Gasteiger partial charge is 0.337 e. The van der Waals surface area contributed by atoms with Gasteiger partial charge in [0.05, 0.1) is 17.1 Å². The molecule has 1 aromatic carbocycles. The van der Waals surface area contributed by atoms with E-state index in [9.17, 15) is 9.59 Å². The summed E-state index contributed by atoms with van der Waals surface area (Å²) in [5, 5.41) is 3.05. The van der Waals surface area contributed by atoms with E-state index in [2.05, 4.69) is 17.2 Å². The molecule has 5 nitrogen and oxygen atoms in total. The number of carbonyl (C=O) groups excluding carboxylic acids is 2. The number of terminal acetylenes is 2. The van der Waals surface area contributed by atoms with Gasteiger partial charge in [-0.15, -0.1) is 12.8 Å². The Morgan fingerprint density at radius 1 is 0.962 bits per heavy atom. The van der Waals surface area contributed by atoms with Gasteiger partial charge in [-0.1, -0.05) is 42.2 Å². The predicted octanol–water partition coefficient (Wildman–Crippen LogP) is 2.27. The number of nitrogens with one attached hydrogen (secondary N) is 1. The molecule has 0 aromatic heterocycles. The summed E-state index contributed by atoms with van der Waals surface area (Å²) in [4.78, 5) is 25.2. The van der Waals surface area contributed by atoms with Gasteiger partial charge in [0, 0.05) is 11.4 Å². The first-order valence-corrected chi connectivity index (χ1v) is 7.96. The number of ether oxygens (including phenoxy) is 2. The van der Waals surface area contributed by atoms with Crippen LogP contribution in [0.1, 0.15) is 25.3 Å². The zero-order chi connectivity index (χ0) is 19.1. The molecule has 2 rings (SSSR count). The van der Waals surface area contributed by atoms with Crippen molar-refractivity contribution in [1.29, 1.82) is 0 Å². The lowest BCUT2D eigenvalue weighted by Gasteiger charge is -2.30. The topological polar surface area (TPSA) is 64.6 Å². The molecule has 0 saturated heterocycles. The SMILES string of the molecule is C#CCOC(=O)C1=C(C)NC(C)=C(C(=O)OCC#C)C1c1ccccc1. The van der Waals surface area contributed by atoms with Crippen molar-refractivity contribution >= 4 is 11.9 Å². The molecule has 0 bridgehead atoms. The van der Waals surface area contributed by atoms with E-state index in [4.69, 9.17) is 22.3 Å². The maximum Gasteiger partial charge on any atom is 0.337 e. The normalized spacial score (nSPS) is 14.2. The third kappa shape index (κ3) is 3.96. The minimum Gasteiger partial charge on any atom is -0.449 e. The zero-order valence-corrected chi connectivity index (χ0v) is 14.7. The maximum absolute atomic E-state index is 12.6. The van der Waals surface area contributed by atoms with E-state index in [1.807, 2.05) is 30.3 Å². The van der Waals surface area contributed by atoms with Crippen LogP contribution in [0.4, 0.5) is 0 Å². The molecule has 0 fully saturated rings. The van der Waals surface area contributed by atoms with Crippen LogP contribution in [0.25, 0.3) is 0 Å². The second kappa shape index (κ2) is 8.60. The van der Waals surface area contributed by atoms with E-state index >= 15 is 0 Å². The summed E-state index contributed by atoms with van der Waals surface area (Å²) in [7, 11) is 0. The van der Waals surface area contributed by atoms with Crippen LogP contribution >= 0.6 is 0 Å². The lowest BCUT2D eigenvalue weighted by atomic mass is 9.80. The fourth-order valence-electron chi connectivity index (χ4n) is 2.88. The van der Waals surface area contributed by atoms with Gasteiger partial charge in [0.1, 0.15) is 0 Å². The van der Waals surface area contributed by atoms with Crippen LogP contribution in [-0.4, -0.2) is 25.2 Å². The fourth-order valence-corrected chi connectivity index (χ4v) is 2.88. The van der Waals surface area contributed by atoms with Gasteiger partial charge in [-0.05, 0) is 19.4 Å². The van der Waals surface area contributed by atoms with E-state index < -0.39 is 17.9 Å². The number of hydrogen-bond donors (Lipinski definition) is 1. The molecule has 0 saturated carbocycles. The lowest BCUT2D eigenvalue weighted by Crippen LogP contribution is -2.32. The van der Waals surface area contributed by atoms with Gasteiger partial charge in [-0.3, -0.25) is 0 Å². The molecule has 1 aliphatic heterocycles. The van der Waals surface area contributed by atoms with Gasteiger partial charge < -0.3 is 14.8 Å². The van der Waals surface area contributed by atoms with Crippen molar-refractivity contribution in [3.63, 3.8) is 0 Å². The summed E-state index contributed by atoms with van der Waals surface area (Å²) in [6.45, 7) is 3.18. The summed E-state index contributed by atoms with van der Waals surface area (Å²) in [5.74, 6) is 2.71. The molecule has 0 atom stereocenters. The molecule has 1 aromatic rings. The third-order valence-corrected chi connectivity index (χ3v) is 3.91. The quantitative estimate of drug-likeness (QED) is 0.653. The van der Waals surface area contributed by atoms with Crippen molar-refractivity contribution < 1.29 is 19.1 Å². The van der Waals surface area contributed by atoms with E-state index in [1.165, 1.54) is 0 Å². The number of hydrogen-bond acceptors (Lipinski definition) is 5. The van der Waals surface area contributed by atoms with Gasteiger partial charge in [0.25, 0.3) is 0 Å². The van der Waals surface area contributed by atoms with Gasteiger partial charge in [0.2, 0.25) is 0 Å². The van der Waals surface area contributed by atoms with Crippen molar-refractivity contribution in [2.24, 2.45) is 0 Å². The maximum atomic E-state index is 12.6. The third-order valence-electron chi connectivity index (χ3n) is 3.91.